The monoisotopic (exact) mass is 1080 g/mol. The van der Waals surface area contributed by atoms with Crippen LogP contribution in [0.15, 0.2) is 194 Å². The van der Waals surface area contributed by atoms with Crippen LogP contribution in [0.25, 0.3) is 0 Å². The summed E-state index contributed by atoms with van der Waals surface area (Å²) in [5, 5.41) is 6.55. The van der Waals surface area contributed by atoms with Gasteiger partial charge in [0.1, 0.15) is 54.5 Å². The molecule has 4 N–H and O–H groups in total. The summed E-state index contributed by atoms with van der Waals surface area (Å²) in [4.78, 5) is 15.5. The molecule has 0 saturated carbocycles. The van der Waals surface area contributed by atoms with E-state index in [9.17, 15) is 0 Å². The van der Waals surface area contributed by atoms with Gasteiger partial charge in [0.2, 0.25) is 19.4 Å². The minimum atomic E-state index is -1.65. The summed E-state index contributed by atoms with van der Waals surface area (Å²) < 4.78 is 34.3. The van der Waals surface area contributed by atoms with Crippen molar-refractivity contribution in [2.75, 3.05) is 27.8 Å². The molecule has 0 aromatic heterocycles. The number of halogens is 2. The quantitative estimate of drug-likeness (QED) is 0.0661. The molecule has 350 valence electrons. The first-order chi connectivity index (χ1) is 33.8. The zero-order valence-electron chi connectivity index (χ0n) is 37.7. The van der Waals surface area contributed by atoms with Crippen LogP contribution >= 0.6 is 35.2 Å². The van der Waals surface area contributed by atoms with Crippen LogP contribution in [0.1, 0.15) is 39.1 Å². The molecule has 2 heterocycles. The Kier molecular flexibility index (Phi) is 17.4. The van der Waals surface area contributed by atoms with Crippen molar-refractivity contribution in [3.63, 3.8) is 0 Å². The van der Waals surface area contributed by atoms with E-state index < -0.39 is 15.8 Å². The van der Waals surface area contributed by atoms with Crippen LogP contribution in [0.5, 0.6) is 34.5 Å². The average molecular weight is 1080 g/mol. The van der Waals surface area contributed by atoms with E-state index in [1.54, 1.807) is 14.2 Å². The van der Waals surface area contributed by atoms with Crippen molar-refractivity contribution >= 4 is 72.8 Å². The third-order valence-corrected chi connectivity index (χ3v) is 17.3. The van der Waals surface area contributed by atoms with Crippen molar-refractivity contribution in [1.29, 1.82) is 0 Å². The Morgan fingerprint density at radius 1 is 0.478 bits per heavy atom. The number of ether oxygens (including phenoxy) is 6. The fourth-order valence-electron chi connectivity index (χ4n) is 8.38. The topological polar surface area (TPSA) is 124 Å². The van der Waals surface area contributed by atoms with E-state index in [2.05, 4.69) is 109 Å². The van der Waals surface area contributed by atoms with Gasteiger partial charge in [-0.25, -0.2) is 0 Å². The molecule has 9 nitrogen and oxygen atoms in total. The van der Waals surface area contributed by atoms with Gasteiger partial charge in [0.15, 0.2) is 23.0 Å². The fraction of sp³-hybridized carbons (Fsp3) is 0.109. The number of fused-ring (bicyclic) bond motifs is 2. The summed E-state index contributed by atoms with van der Waals surface area (Å²) in [6, 6.07) is 64.4. The van der Waals surface area contributed by atoms with Crippen molar-refractivity contribution in [3.8, 4) is 34.5 Å². The SMILES string of the molecule is COc1ccc(C(N)C(N)c2ccc(OC)cc2)cc1.O=C(c1c([PH+](c2ccccc2)c2ccccc2)ccc2c1OCO2)c1c([PH+](c2ccccc2)c2ccccc2)ccc2c1OCO2.[Cl][Ru+2][Cl]. The van der Waals surface area contributed by atoms with Crippen LogP contribution in [0, 0.1) is 0 Å². The molecule has 2 unspecified atom stereocenters. The van der Waals surface area contributed by atoms with Gasteiger partial charge in [0, 0.05) is 12.1 Å². The molecule has 69 heavy (non-hydrogen) atoms. The zero-order valence-corrected chi connectivity index (χ0v) is 42.9. The predicted octanol–water partition coefficient (Wildman–Crippen LogP) is 9.14. The molecule has 0 saturated heterocycles. The number of ketones is 1. The van der Waals surface area contributed by atoms with Crippen molar-refractivity contribution in [2.45, 2.75) is 12.1 Å². The first-order valence-corrected chi connectivity index (χ1v) is 29.3. The number of hydrogen-bond acceptors (Lipinski definition) is 9. The maximum atomic E-state index is 15.5. The molecule has 0 bridgehead atoms. The Morgan fingerprint density at radius 3 is 1.07 bits per heavy atom. The Morgan fingerprint density at radius 2 is 0.783 bits per heavy atom. The summed E-state index contributed by atoms with van der Waals surface area (Å²) in [5.41, 5.74) is 15.5. The summed E-state index contributed by atoms with van der Waals surface area (Å²) in [6.45, 7) is 0.112. The molecule has 14 heteroatoms. The van der Waals surface area contributed by atoms with Crippen molar-refractivity contribution in [3.05, 3.63) is 216 Å². The van der Waals surface area contributed by atoms with Crippen LogP contribution in [0.2, 0.25) is 0 Å². The number of rotatable bonds is 13. The van der Waals surface area contributed by atoms with Gasteiger partial charge in [-0.05, 0) is 108 Å². The first kappa shape index (κ1) is 49.6. The molecule has 0 aliphatic carbocycles. The molecule has 10 rings (SSSR count). The van der Waals surface area contributed by atoms with Crippen molar-refractivity contribution < 1.29 is 48.4 Å². The second-order valence-electron chi connectivity index (χ2n) is 15.6. The molecular weight excluding hydrogens is 1030 g/mol. The third kappa shape index (κ3) is 11.5. The normalized spacial score (nSPS) is 12.8. The van der Waals surface area contributed by atoms with Gasteiger partial charge in [-0.3, -0.25) is 4.79 Å². The van der Waals surface area contributed by atoms with E-state index in [0.29, 0.717) is 34.1 Å². The molecule has 0 fully saturated rings. The molecular formula is C55H50Cl2N2O7P2Ru+4. The molecule has 8 aromatic carbocycles. The molecule has 0 spiro atoms. The molecule has 0 amide bonds. The number of methoxy groups -OCH3 is 2. The molecule has 0 radical (unpaired) electrons. The molecule has 2 aliphatic rings. The minimum absolute atomic E-state index is 0.0558. The van der Waals surface area contributed by atoms with Crippen molar-refractivity contribution in [2.24, 2.45) is 11.5 Å². The molecule has 2 aliphatic heterocycles. The third-order valence-electron chi connectivity index (χ3n) is 11.7. The van der Waals surface area contributed by atoms with Gasteiger partial charge in [0.25, 0.3) is 0 Å². The Hall–Kier alpha value is -5.79. The van der Waals surface area contributed by atoms with Gasteiger partial charge in [0.05, 0.1) is 30.1 Å². The van der Waals surface area contributed by atoms with Crippen LogP contribution in [-0.4, -0.2) is 33.6 Å². The van der Waals surface area contributed by atoms with Crippen LogP contribution in [0.4, 0.5) is 0 Å². The number of nitrogens with two attached hydrogens (primary N) is 2. The van der Waals surface area contributed by atoms with Gasteiger partial charge in [-0.15, -0.1) is 0 Å². The van der Waals surface area contributed by atoms with E-state index in [1.807, 2.05) is 84.9 Å². The van der Waals surface area contributed by atoms with E-state index in [0.717, 1.165) is 33.2 Å². The van der Waals surface area contributed by atoms with Gasteiger partial charge in [-0.1, -0.05) is 97.1 Å². The summed E-state index contributed by atoms with van der Waals surface area (Å²) in [6.07, 6.45) is 0. The summed E-state index contributed by atoms with van der Waals surface area (Å²) in [7, 11) is 9.68. The maximum absolute atomic E-state index is 15.5. The van der Waals surface area contributed by atoms with E-state index in [4.69, 9.17) is 59.3 Å². The summed E-state index contributed by atoms with van der Waals surface area (Å²) >= 11 is -0.346. The standard InChI is InChI=1S/C39H28O5P2.C16H20N2O2.2ClH.Ru/c40-37(35-33(23-21-31-38(35)43-25-41-31)45(27-13-5-1-6-14-27)28-15-7-2-8-16-28)36-34(24-22-32-39(36)44-26-42-32)46(29-17-9-3-10-18-29)30-19-11-4-12-20-30;1-19-13-7-3-11(4-8-13)15(17)16(18)12-5-9-14(20-2)10-6-12;;;/h1-24H,25-26H2;3-10,15-16H,17-18H2,1-2H3;2*1H;/q;;;;+4. The average Bonchev–Trinajstić information content (AvgIpc) is 4.11. The van der Waals surface area contributed by atoms with Gasteiger partial charge < -0.3 is 39.9 Å². The number of benzene rings is 8. The van der Waals surface area contributed by atoms with Gasteiger partial charge in [-0.2, -0.15) is 0 Å². The Balaban J connectivity index is 0.000000233. The number of carbonyl (C=O) groups excluding carboxylic acids is 1. The van der Waals surface area contributed by atoms with Crippen molar-refractivity contribution in [1.82, 2.24) is 0 Å². The molecule has 2 atom stereocenters. The number of hydrogen-bond donors (Lipinski definition) is 2. The Bertz CT molecular complexity index is 2650. The predicted molar refractivity (Wildman–Crippen MR) is 280 cm³/mol. The molecule has 8 aromatic rings. The second kappa shape index (κ2) is 24.2. The Labute approximate surface area is 420 Å². The number of carbonyl (C=O) groups is 1. The van der Waals surface area contributed by atoms with E-state index in [-0.39, 0.29) is 46.6 Å². The van der Waals surface area contributed by atoms with Gasteiger partial charge >= 0.3 is 34.5 Å². The first-order valence-electron chi connectivity index (χ1n) is 21.9. The van der Waals surface area contributed by atoms with E-state index in [1.165, 1.54) is 21.2 Å². The van der Waals surface area contributed by atoms with E-state index >= 15 is 4.79 Å². The fourth-order valence-corrected chi connectivity index (χ4v) is 13.8. The zero-order chi connectivity index (χ0) is 48.1. The van der Waals surface area contributed by atoms with Crippen LogP contribution in [0.3, 0.4) is 0 Å². The van der Waals surface area contributed by atoms with Crippen LogP contribution in [-0.2, 0) is 15.1 Å². The van der Waals surface area contributed by atoms with Crippen LogP contribution < -0.4 is 71.7 Å². The second-order valence-corrected chi connectivity index (χ2v) is 23.2. The summed E-state index contributed by atoms with van der Waals surface area (Å²) in [5.74, 6) is 3.55.